The second kappa shape index (κ2) is 7.97. The van der Waals surface area contributed by atoms with E-state index in [-0.39, 0.29) is 42.8 Å². The smallest absolute Gasteiger partial charge is 0.220 e. The number of hydrogen-bond donors (Lipinski definition) is 2. The molecule has 1 aromatic carbocycles. The number of carbonyl (C=O) groups excluding carboxylic acids is 2. The molecule has 20 heavy (non-hydrogen) atoms. The van der Waals surface area contributed by atoms with Crippen LogP contribution in [0.4, 0.5) is 4.39 Å². The van der Waals surface area contributed by atoms with Crippen LogP contribution in [0.15, 0.2) is 24.3 Å². The fraction of sp³-hybridized carbons (Fsp3) is 0.429. The highest BCUT2D eigenvalue weighted by Gasteiger charge is 2.18. The molecule has 0 fully saturated rings. The van der Waals surface area contributed by atoms with Crippen molar-refractivity contribution in [2.75, 3.05) is 6.54 Å². The van der Waals surface area contributed by atoms with E-state index in [0.717, 1.165) is 0 Å². The first-order valence-electron chi connectivity index (χ1n) is 6.14. The highest BCUT2D eigenvalue weighted by molar-refractivity contribution is 5.97. The van der Waals surface area contributed by atoms with E-state index in [1.54, 1.807) is 0 Å². The van der Waals surface area contributed by atoms with Crippen LogP contribution in [0.5, 0.6) is 0 Å². The topological polar surface area (TPSA) is 72.2 Å². The maximum absolute atomic E-state index is 12.7. The first kappa shape index (κ1) is 18.5. The molecule has 1 aromatic rings. The van der Waals surface area contributed by atoms with Gasteiger partial charge in [-0.05, 0) is 38.1 Å². The normalized spacial score (nSPS) is 10.6. The van der Waals surface area contributed by atoms with Crippen molar-refractivity contribution in [1.82, 2.24) is 5.32 Å². The number of amides is 1. The van der Waals surface area contributed by atoms with Gasteiger partial charge in [0, 0.05) is 30.5 Å². The number of nitrogens with two attached hydrogens (primary N) is 1. The zero-order valence-corrected chi connectivity index (χ0v) is 12.4. The van der Waals surface area contributed by atoms with Gasteiger partial charge in [-0.15, -0.1) is 12.4 Å². The third-order valence-electron chi connectivity index (χ3n) is 2.73. The van der Waals surface area contributed by atoms with E-state index in [9.17, 15) is 14.0 Å². The molecular weight excluding hydrogens is 283 g/mol. The second-order valence-corrected chi connectivity index (χ2v) is 5.07. The summed E-state index contributed by atoms with van der Waals surface area (Å²) in [5.74, 6) is -0.786. The Hall–Kier alpha value is -1.46. The molecule has 112 valence electrons. The van der Waals surface area contributed by atoms with Gasteiger partial charge in [-0.25, -0.2) is 4.39 Å². The van der Waals surface area contributed by atoms with Crippen molar-refractivity contribution in [3.05, 3.63) is 35.6 Å². The molecule has 0 atom stereocenters. The number of rotatable bonds is 6. The van der Waals surface area contributed by atoms with Crippen molar-refractivity contribution in [1.29, 1.82) is 0 Å². The Kier molecular flexibility index (Phi) is 7.39. The quantitative estimate of drug-likeness (QED) is 0.790. The lowest BCUT2D eigenvalue weighted by molar-refractivity contribution is -0.122. The van der Waals surface area contributed by atoms with Gasteiger partial charge in [-0.3, -0.25) is 9.59 Å². The van der Waals surface area contributed by atoms with Gasteiger partial charge in [-0.2, -0.15) is 0 Å². The third-order valence-corrected chi connectivity index (χ3v) is 2.73. The number of nitrogens with one attached hydrogen (secondary N) is 1. The van der Waals surface area contributed by atoms with Gasteiger partial charge in [0.05, 0.1) is 0 Å². The highest BCUT2D eigenvalue weighted by Crippen LogP contribution is 2.08. The number of halogens is 2. The second-order valence-electron chi connectivity index (χ2n) is 5.07. The summed E-state index contributed by atoms with van der Waals surface area (Å²) >= 11 is 0. The summed E-state index contributed by atoms with van der Waals surface area (Å²) in [6, 6.07) is 5.29. The maximum atomic E-state index is 12.7. The lowest BCUT2D eigenvalue weighted by atomic mass is 10.0. The largest absolute Gasteiger partial charge is 0.350 e. The van der Waals surface area contributed by atoms with Gasteiger partial charge in [0.1, 0.15) is 5.82 Å². The van der Waals surface area contributed by atoms with E-state index < -0.39 is 5.54 Å². The maximum Gasteiger partial charge on any atom is 0.220 e. The number of benzene rings is 1. The average Bonchev–Trinajstić information content (AvgIpc) is 2.36. The molecule has 1 amide bonds. The Bertz CT molecular complexity index is 461. The lowest BCUT2D eigenvalue weighted by Crippen LogP contribution is -2.48. The Morgan fingerprint density at radius 1 is 1.20 bits per heavy atom. The van der Waals surface area contributed by atoms with Crippen molar-refractivity contribution < 1.29 is 14.0 Å². The van der Waals surface area contributed by atoms with Crippen LogP contribution in [0.2, 0.25) is 0 Å². The number of carbonyl (C=O) groups is 2. The van der Waals surface area contributed by atoms with Crippen molar-refractivity contribution in [3.63, 3.8) is 0 Å². The Morgan fingerprint density at radius 2 is 1.75 bits per heavy atom. The van der Waals surface area contributed by atoms with Crippen LogP contribution in [-0.4, -0.2) is 23.8 Å². The molecular formula is C14H20ClFN2O2. The van der Waals surface area contributed by atoms with E-state index in [4.69, 9.17) is 5.73 Å². The van der Waals surface area contributed by atoms with Crippen molar-refractivity contribution >= 4 is 24.1 Å². The number of ketones is 1. The van der Waals surface area contributed by atoms with Crippen molar-refractivity contribution in [3.8, 4) is 0 Å². The fourth-order valence-electron chi connectivity index (χ4n) is 1.50. The van der Waals surface area contributed by atoms with Crippen LogP contribution in [0, 0.1) is 5.82 Å². The summed E-state index contributed by atoms with van der Waals surface area (Å²) in [6.07, 6.45) is 0.192. The molecule has 0 bridgehead atoms. The number of Topliss-reactive ketones (excluding diaryl/α,β-unsaturated/α-hetero) is 1. The average molecular weight is 303 g/mol. The molecule has 0 heterocycles. The molecule has 0 unspecified atom stereocenters. The van der Waals surface area contributed by atoms with Gasteiger partial charge in [0.25, 0.3) is 0 Å². The van der Waals surface area contributed by atoms with Gasteiger partial charge in [0.2, 0.25) is 5.91 Å². The summed E-state index contributed by atoms with van der Waals surface area (Å²) in [5, 5.41) is 2.75. The van der Waals surface area contributed by atoms with E-state index >= 15 is 0 Å². The molecule has 0 saturated carbocycles. The summed E-state index contributed by atoms with van der Waals surface area (Å²) in [4.78, 5) is 23.4. The monoisotopic (exact) mass is 302 g/mol. The van der Waals surface area contributed by atoms with E-state index in [1.807, 2.05) is 13.8 Å². The minimum absolute atomic E-state index is 0. The molecule has 6 heteroatoms. The van der Waals surface area contributed by atoms with Crippen LogP contribution in [-0.2, 0) is 4.79 Å². The summed E-state index contributed by atoms with van der Waals surface area (Å²) in [7, 11) is 0. The summed E-state index contributed by atoms with van der Waals surface area (Å²) in [5.41, 5.74) is 5.43. The highest BCUT2D eigenvalue weighted by atomic mass is 35.5. The summed E-state index contributed by atoms with van der Waals surface area (Å²) < 4.78 is 12.7. The molecule has 1 rings (SSSR count). The van der Waals surface area contributed by atoms with Crippen LogP contribution in [0.1, 0.15) is 37.0 Å². The molecule has 0 radical (unpaired) electrons. The predicted molar refractivity (Wildman–Crippen MR) is 78.5 cm³/mol. The van der Waals surface area contributed by atoms with E-state index in [2.05, 4.69) is 5.32 Å². The molecule has 0 aliphatic rings. The fourth-order valence-corrected chi connectivity index (χ4v) is 1.50. The van der Waals surface area contributed by atoms with E-state index in [0.29, 0.717) is 12.1 Å². The molecule has 0 saturated heterocycles. The van der Waals surface area contributed by atoms with Crippen LogP contribution >= 0.6 is 12.4 Å². The lowest BCUT2D eigenvalue weighted by Gasteiger charge is -2.24. The van der Waals surface area contributed by atoms with Gasteiger partial charge >= 0.3 is 0 Å². The first-order chi connectivity index (χ1) is 8.84. The minimum Gasteiger partial charge on any atom is -0.350 e. The molecule has 4 nitrogen and oxygen atoms in total. The SMILES string of the molecule is CC(C)(CN)NC(=O)CCC(=O)c1ccc(F)cc1.Cl. The molecule has 0 spiro atoms. The van der Waals surface area contributed by atoms with Crippen molar-refractivity contribution in [2.45, 2.75) is 32.2 Å². The zero-order chi connectivity index (χ0) is 14.5. The van der Waals surface area contributed by atoms with Gasteiger partial charge < -0.3 is 11.1 Å². The van der Waals surface area contributed by atoms with Gasteiger partial charge in [0.15, 0.2) is 5.78 Å². The first-order valence-corrected chi connectivity index (χ1v) is 6.14. The Labute approximate surface area is 124 Å². The van der Waals surface area contributed by atoms with Crippen LogP contribution in [0.3, 0.4) is 0 Å². The number of hydrogen-bond acceptors (Lipinski definition) is 3. The standard InChI is InChI=1S/C14H19FN2O2.ClH/c1-14(2,9-16)17-13(19)8-7-12(18)10-3-5-11(15)6-4-10;/h3-6H,7-9,16H2,1-2H3,(H,17,19);1H. The molecule has 0 aromatic heterocycles. The summed E-state index contributed by atoms with van der Waals surface area (Å²) in [6.45, 7) is 3.95. The molecule has 3 N–H and O–H groups in total. The van der Waals surface area contributed by atoms with Crippen LogP contribution in [0.25, 0.3) is 0 Å². The van der Waals surface area contributed by atoms with Gasteiger partial charge in [-0.1, -0.05) is 0 Å². The minimum atomic E-state index is -0.476. The molecule has 0 aliphatic heterocycles. The zero-order valence-electron chi connectivity index (χ0n) is 11.6. The van der Waals surface area contributed by atoms with Crippen LogP contribution < -0.4 is 11.1 Å². The predicted octanol–water partition coefficient (Wildman–Crippen LogP) is 2.06. The van der Waals surface area contributed by atoms with Crippen molar-refractivity contribution in [2.24, 2.45) is 5.73 Å². The molecule has 0 aliphatic carbocycles. The third kappa shape index (κ3) is 6.12. The Balaban J connectivity index is 0.00000361. The Morgan fingerprint density at radius 3 is 2.25 bits per heavy atom. The van der Waals surface area contributed by atoms with E-state index in [1.165, 1.54) is 24.3 Å².